The van der Waals surface area contributed by atoms with Crippen LogP contribution < -0.4 is 0 Å². The number of ketones is 1. The van der Waals surface area contributed by atoms with E-state index in [0.717, 1.165) is 0 Å². The van der Waals surface area contributed by atoms with Crippen molar-refractivity contribution in [1.29, 1.82) is 0 Å². The zero-order valence-corrected chi connectivity index (χ0v) is 14.3. The van der Waals surface area contributed by atoms with E-state index >= 15 is 0 Å². The van der Waals surface area contributed by atoms with E-state index in [0.29, 0.717) is 0 Å². The van der Waals surface area contributed by atoms with E-state index in [1.165, 1.54) is 0 Å². The molecule has 0 aromatic rings. The summed E-state index contributed by atoms with van der Waals surface area (Å²) in [5, 5.41) is 0. The Labute approximate surface area is 124 Å². The Bertz CT molecular complexity index is 294. The zero-order valence-electron chi connectivity index (χ0n) is 10.7. The molecule has 0 fully saturated rings. The molecule has 16 heavy (non-hydrogen) atoms. The summed E-state index contributed by atoms with van der Waals surface area (Å²) in [6.07, 6.45) is 0. The first-order chi connectivity index (χ1) is 6.46. The van der Waals surface area contributed by atoms with Crippen LogP contribution in [-0.2, 0) is 19.1 Å². The fourth-order valence-corrected chi connectivity index (χ4v) is 0.590. The van der Waals surface area contributed by atoms with E-state index in [1.807, 2.05) is 0 Å². The number of hydrogen-bond acceptors (Lipinski definition) is 4. The smallest absolute Gasteiger partial charge is 0.382 e. The van der Waals surface area contributed by atoms with Crippen LogP contribution in [0.2, 0.25) is 0 Å². The number of carbonyl (C=O) groups is 3. The van der Waals surface area contributed by atoms with Gasteiger partial charge in [0.15, 0.2) is 0 Å². The standard InChI is InChI=1S/C11H18O4.La/c1-10(2,3)7(12)8(13)15-9(14)11(4,5)6;/h1-6H3;. The molecule has 0 saturated heterocycles. The molecule has 0 rings (SSSR count). The predicted octanol–water partition coefficient (Wildman–Crippen LogP) is 1.72. The van der Waals surface area contributed by atoms with Gasteiger partial charge in [0.2, 0.25) is 5.78 Å². The monoisotopic (exact) mass is 353 g/mol. The first-order valence-corrected chi connectivity index (χ1v) is 4.77. The second-order valence-corrected chi connectivity index (χ2v) is 5.51. The van der Waals surface area contributed by atoms with Crippen molar-refractivity contribution in [3.63, 3.8) is 0 Å². The van der Waals surface area contributed by atoms with Gasteiger partial charge in [0.25, 0.3) is 0 Å². The van der Waals surface area contributed by atoms with Crippen molar-refractivity contribution < 1.29 is 54.7 Å². The van der Waals surface area contributed by atoms with Gasteiger partial charge >= 0.3 is 11.9 Å². The molecule has 0 aliphatic rings. The molecule has 0 saturated carbocycles. The molecule has 4 nitrogen and oxygen atoms in total. The average molecular weight is 353 g/mol. The second kappa shape index (κ2) is 6.08. The van der Waals surface area contributed by atoms with Crippen LogP contribution in [0.4, 0.5) is 0 Å². The van der Waals surface area contributed by atoms with Crippen LogP contribution in [0.25, 0.3) is 0 Å². The van der Waals surface area contributed by atoms with Gasteiger partial charge < -0.3 is 4.74 Å². The fraction of sp³-hybridized carbons (Fsp3) is 0.727. The number of carbonyl (C=O) groups excluding carboxylic acids is 3. The molecule has 0 aliphatic heterocycles. The summed E-state index contributed by atoms with van der Waals surface area (Å²) in [6, 6.07) is 0. The molecule has 0 aromatic carbocycles. The van der Waals surface area contributed by atoms with Crippen LogP contribution >= 0.6 is 0 Å². The van der Waals surface area contributed by atoms with Crippen LogP contribution in [-0.4, -0.2) is 17.7 Å². The largest absolute Gasteiger partial charge is 0.387 e. The van der Waals surface area contributed by atoms with Crippen LogP contribution in [0, 0.1) is 46.4 Å². The van der Waals surface area contributed by atoms with Crippen LogP contribution in [0.3, 0.4) is 0 Å². The summed E-state index contributed by atoms with van der Waals surface area (Å²) in [5.74, 6) is -2.47. The summed E-state index contributed by atoms with van der Waals surface area (Å²) in [4.78, 5) is 34.0. The van der Waals surface area contributed by atoms with Gasteiger partial charge in [-0.05, 0) is 20.8 Å². The molecular formula is C11H18LaO4. The van der Waals surface area contributed by atoms with Crippen molar-refractivity contribution >= 4 is 17.7 Å². The van der Waals surface area contributed by atoms with Gasteiger partial charge in [0.05, 0.1) is 5.41 Å². The molecule has 0 unspecified atom stereocenters. The summed E-state index contributed by atoms with van der Waals surface area (Å²) in [5.41, 5.74) is -1.61. The third kappa shape index (κ3) is 5.92. The second-order valence-electron chi connectivity index (χ2n) is 5.51. The molecule has 89 valence electrons. The van der Waals surface area contributed by atoms with Crippen LogP contribution in [0.1, 0.15) is 41.5 Å². The molecule has 0 amide bonds. The van der Waals surface area contributed by atoms with Crippen molar-refractivity contribution in [2.24, 2.45) is 10.8 Å². The van der Waals surface area contributed by atoms with E-state index in [1.54, 1.807) is 41.5 Å². The molecular weight excluding hydrogens is 335 g/mol. The molecule has 5 heteroatoms. The molecule has 0 bridgehead atoms. The average Bonchev–Trinajstić information content (AvgIpc) is 1.99. The Morgan fingerprint density at radius 1 is 0.812 bits per heavy atom. The van der Waals surface area contributed by atoms with Crippen LogP contribution in [0.5, 0.6) is 0 Å². The molecule has 0 aliphatic carbocycles. The number of hydrogen-bond donors (Lipinski definition) is 0. The van der Waals surface area contributed by atoms with E-state index < -0.39 is 28.6 Å². The van der Waals surface area contributed by atoms with Gasteiger partial charge in [-0.15, -0.1) is 0 Å². The molecule has 0 atom stereocenters. The quantitative estimate of drug-likeness (QED) is 0.409. The molecule has 1 radical (unpaired) electrons. The van der Waals surface area contributed by atoms with Gasteiger partial charge in [-0.3, -0.25) is 9.59 Å². The van der Waals surface area contributed by atoms with Crippen molar-refractivity contribution in [2.75, 3.05) is 0 Å². The maximum absolute atomic E-state index is 11.4. The van der Waals surface area contributed by atoms with E-state index in [4.69, 9.17) is 0 Å². The van der Waals surface area contributed by atoms with Gasteiger partial charge in [-0.25, -0.2) is 4.79 Å². The number of Topliss-reactive ketones (excluding diaryl/α,β-unsaturated/α-hetero) is 1. The fourth-order valence-electron chi connectivity index (χ4n) is 0.590. The number of ether oxygens (including phenoxy) is 1. The van der Waals surface area contributed by atoms with Gasteiger partial charge in [0, 0.05) is 41.0 Å². The predicted molar refractivity (Wildman–Crippen MR) is 55.0 cm³/mol. The summed E-state index contributed by atoms with van der Waals surface area (Å²) < 4.78 is 4.48. The van der Waals surface area contributed by atoms with Crippen molar-refractivity contribution in [2.45, 2.75) is 41.5 Å². The summed E-state index contributed by atoms with van der Waals surface area (Å²) in [7, 11) is 0. The van der Waals surface area contributed by atoms with E-state index in [2.05, 4.69) is 4.74 Å². The molecule has 0 heterocycles. The van der Waals surface area contributed by atoms with E-state index in [-0.39, 0.29) is 35.6 Å². The topological polar surface area (TPSA) is 60.4 Å². The maximum Gasteiger partial charge on any atom is 0.382 e. The van der Waals surface area contributed by atoms with Crippen molar-refractivity contribution in [3.8, 4) is 0 Å². The van der Waals surface area contributed by atoms with Crippen LogP contribution in [0.15, 0.2) is 0 Å². The first-order valence-electron chi connectivity index (χ1n) is 4.77. The Morgan fingerprint density at radius 3 is 1.44 bits per heavy atom. The minimum atomic E-state index is -1.08. The van der Waals surface area contributed by atoms with Gasteiger partial charge in [0.1, 0.15) is 0 Å². The van der Waals surface area contributed by atoms with E-state index in [9.17, 15) is 14.4 Å². The SMILES string of the molecule is CC(C)(C)C(=O)OC(=O)C(=O)C(C)(C)C.[La]. The third-order valence-electron chi connectivity index (χ3n) is 1.66. The summed E-state index contributed by atoms with van der Waals surface area (Å²) >= 11 is 0. The normalized spacial score (nSPS) is 11.4. The third-order valence-corrected chi connectivity index (χ3v) is 1.66. The first kappa shape index (κ1) is 18.4. The number of esters is 2. The zero-order chi connectivity index (χ0) is 12.4. The Morgan fingerprint density at radius 2 is 1.19 bits per heavy atom. The maximum atomic E-state index is 11.4. The summed E-state index contributed by atoms with van der Waals surface area (Å²) in [6.45, 7) is 9.63. The molecule has 0 aromatic heterocycles. The molecule has 0 spiro atoms. The Hall–Kier alpha value is 0.00481. The Kier molecular flexibility index (Phi) is 6.98. The van der Waals surface area contributed by atoms with Gasteiger partial charge in [-0.1, -0.05) is 20.8 Å². The van der Waals surface area contributed by atoms with Crippen molar-refractivity contribution in [1.82, 2.24) is 0 Å². The minimum Gasteiger partial charge on any atom is -0.387 e. The number of rotatable bonds is 1. The Balaban J connectivity index is 0. The molecule has 0 N–H and O–H groups in total. The van der Waals surface area contributed by atoms with Gasteiger partial charge in [-0.2, -0.15) is 0 Å². The van der Waals surface area contributed by atoms with Crippen molar-refractivity contribution in [3.05, 3.63) is 0 Å². The minimum absolute atomic E-state index is 0.